The maximum Gasteiger partial charge on any atom is 0.433 e. The second-order valence-electron chi connectivity index (χ2n) is 2.56. The van der Waals surface area contributed by atoms with Crippen molar-refractivity contribution < 1.29 is 9.34 Å². The summed E-state index contributed by atoms with van der Waals surface area (Å²) in [6.45, 7) is 0. The van der Waals surface area contributed by atoms with Gasteiger partial charge in [-0.2, -0.15) is 0 Å². The normalized spacial score (nSPS) is 10.2. The largest absolute Gasteiger partial charge is 0.433 e. The number of hydrogen-bond donors (Lipinski definition) is 1. The van der Waals surface area contributed by atoms with Crippen molar-refractivity contribution in [3.05, 3.63) is 22.2 Å². The molecule has 0 aliphatic rings. The first-order valence-corrected chi connectivity index (χ1v) is 4.78. The number of rotatable bonds is 3. The summed E-state index contributed by atoms with van der Waals surface area (Å²) in [7, 11) is 1.72. The molecule has 0 unspecified atom stereocenters. The molecule has 0 saturated heterocycles. The van der Waals surface area contributed by atoms with Crippen molar-refractivity contribution in [1.82, 2.24) is 10.2 Å². The molecule has 0 aliphatic heterocycles. The molecule has 0 aromatic carbocycles. The molecule has 78 valence electrons. The molecule has 7 nitrogen and oxygen atoms in total. The first-order chi connectivity index (χ1) is 7.20. The molecule has 8 heteroatoms. The van der Waals surface area contributed by atoms with Crippen molar-refractivity contribution in [3.63, 3.8) is 0 Å². The topological polar surface area (TPSA) is 94.1 Å². The highest BCUT2D eigenvalue weighted by Gasteiger charge is 2.15. The van der Waals surface area contributed by atoms with Gasteiger partial charge in [0.25, 0.3) is 0 Å². The minimum atomic E-state index is -0.594. The van der Waals surface area contributed by atoms with E-state index >= 15 is 0 Å². The second-order valence-corrected chi connectivity index (χ2v) is 3.53. The molecule has 15 heavy (non-hydrogen) atoms. The highest BCUT2D eigenvalue weighted by atomic mass is 32.1. The quantitative estimate of drug-likeness (QED) is 0.632. The molecule has 2 rings (SSSR count). The summed E-state index contributed by atoms with van der Waals surface area (Å²) in [5.41, 5.74) is 0. The fraction of sp³-hybridized carbons (Fsp3) is 0.143. The van der Waals surface area contributed by atoms with Gasteiger partial charge in [0.1, 0.15) is 4.92 Å². The lowest BCUT2D eigenvalue weighted by atomic mass is 10.5. The molecule has 0 radical (unpaired) electrons. The Balaban J connectivity index is 2.32. The van der Waals surface area contributed by atoms with Gasteiger partial charge in [-0.25, -0.2) is 0 Å². The number of nitrogens with one attached hydrogen (secondary N) is 1. The van der Waals surface area contributed by atoms with E-state index in [0.29, 0.717) is 15.9 Å². The summed E-state index contributed by atoms with van der Waals surface area (Å²) in [5.74, 6) is 0.0481. The summed E-state index contributed by atoms with van der Waals surface area (Å²) in [5, 5.41) is 21.9. The average molecular weight is 226 g/mol. The summed E-state index contributed by atoms with van der Waals surface area (Å²) in [4.78, 5) is 9.78. The fourth-order valence-electron chi connectivity index (χ4n) is 0.965. The number of nitrogens with zero attached hydrogens (tertiary/aromatic N) is 3. The Morgan fingerprint density at radius 1 is 1.53 bits per heavy atom. The molecular formula is C7H6N4O3S. The SMILES string of the molecule is CNc1nnc(-c2ccc([N+](=O)[O-])o2)s1. The zero-order valence-electron chi connectivity index (χ0n) is 7.63. The van der Waals surface area contributed by atoms with E-state index < -0.39 is 4.92 Å². The highest BCUT2D eigenvalue weighted by Crippen LogP contribution is 2.29. The van der Waals surface area contributed by atoms with Crippen molar-refractivity contribution in [2.75, 3.05) is 12.4 Å². The third kappa shape index (κ3) is 1.79. The second kappa shape index (κ2) is 3.65. The predicted octanol–water partition coefficient (Wildman–Crippen LogP) is 1.75. The zero-order valence-corrected chi connectivity index (χ0v) is 8.45. The van der Waals surface area contributed by atoms with Crippen LogP contribution in [0.3, 0.4) is 0 Å². The van der Waals surface area contributed by atoms with Crippen LogP contribution in [-0.2, 0) is 0 Å². The van der Waals surface area contributed by atoms with Gasteiger partial charge in [0.2, 0.25) is 5.13 Å². The van der Waals surface area contributed by atoms with Crippen molar-refractivity contribution in [1.29, 1.82) is 0 Å². The van der Waals surface area contributed by atoms with E-state index in [1.165, 1.54) is 23.5 Å². The Bertz CT molecular complexity index is 492. The van der Waals surface area contributed by atoms with E-state index in [-0.39, 0.29) is 5.88 Å². The van der Waals surface area contributed by atoms with Crippen LogP contribution >= 0.6 is 11.3 Å². The first kappa shape index (κ1) is 9.59. The summed E-state index contributed by atoms with van der Waals surface area (Å²) in [6.07, 6.45) is 0. The van der Waals surface area contributed by atoms with Gasteiger partial charge in [-0.1, -0.05) is 11.3 Å². The van der Waals surface area contributed by atoms with E-state index in [1.807, 2.05) is 0 Å². The van der Waals surface area contributed by atoms with Crippen LogP contribution in [0.25, 0.3) is 10.8 Å². The lowest BCUT2D eigenvalue weighted by Crippen LogP contribution is -1.84. The molecule has 2 heterocycles. The molecule has 0 aliphatic carbocycles. The smallest absolute Gasteiger partial charge is 0.398 e. The molecule has 0 amide bonds. The Kier molecular flexibility index (Phi) is 2.34. The van der Waals surface area contributed by atoms with Crippen LogP contribution in [0.15, 0.2) is 16.5 Å². The molecule has 2 aromatic heterocycles. The fourth-order valence-corrected chi connectivity index (χ4v) is 1.62. The zero-order chi connectivity index (χ0) is 10.8. The molecular weight excluding hydrogens is 220 g/mol. The van der Waals surface area contributed by atoms with Gasteiger partial charge >= 0.3 is 5.88 Å². The van der Waals surface area contributed by atoms with Gasteiger partial charge in [-0.15, -0.1) is 10.2 Å². The Hall–Kier alpha value is -1.96. The number of aromatic nitrogens is 2. The van der Waals surface area contributed by atoms with Crippen molar-refractivity contribution in [3.8, 4) is 10.8 Å². The summed E-state index contributed by atoms with van der Waals surface area (Å²) in [6, 6.07) is 2.79. The highest BCUT2D eigenvalue weighted by molar-refractivity contribution is 7.18. The Labute approximate surface area is 87.9 Å². The van der Waals surface area contributed by atoms with E-state index in [4.69, 9.17) is 4.42 Å². The molecule has 2 aromatic rings. The van der Waals surface area contributed by atoms with Gasteiger partial charge in [0, 0.05) is 7.05 Å². The average Bonchev–Trinajstić information content (AvgIpc) is 2.86. The summed E-state index contributed by atoms with van der Waals surface area (Å²) < 4.78 is 4.97. The van der Waals surface area contributed by atoms with Crippen molar-refractivity contribution >= 4 is 22.4 Å². The van der Waals surface area contributed by atoms with Crippen LogP contribution in [0.2, 0.25) is 0 Å². The number of hydrogen-bond acceptors (Lipinski definition) is 7. The molecule has 0 spiro atoms. The van der Waals surface area contributed by atoms with Gasteiger partial charge in [0.15, 0.2) is 10.8 Å². The third-order valence-corrected chi connectivity index (χ3v) is 2.58. The Morgan fingerprint density at radius 3 is 2.87 bits per heavy atom. The molecule has 0 bridgehead atoms. The first-order valence-electron chi connectivity index (χ1n) is 3.96. The van der Waals surface area contributed by atoms with Crippen LogP contribution in [0.4, 0.5) is 11.0 Å². The Morgan fingerprint density at radius 2 is 2.33 bits per heavy atom. The van der Waals surface area contributed by atoms with E-state index in [0.717, 1.165) is 0 Å². The van der Waals surface area contributed by atoms with Crippen molar-refractivity contribution in [2.24, 2.45) is 0 Å². The monoisotopic (exact) mass is 226 g/mol. The van der Waals surface area contributed by atoms with E-state index in [1.54, 1.807) is 7.05 Å². The summed E-state index contributed by atoms with van der Waals surface area (Å²) >= 11 is 1.26. The lowest BCUT2D eigenvalue weighted by Gasteiger charge is -1.86. The van der Waals surface area contributed by atoms with Gasteiger partial charge in [-0.3, -0.25) is 10.1 Å². The van der Waals surface area contributed by atoms with Crippen LogP contribution in [0.5, 0.6) is 0 Å². The van der Waals surface area contributed by atoms with Crippen LogP contribution in [-0.4, -0.2) is 22.2 Å². The number of nitro groups is 1. The predicted molar refractivity (Wildman–Crippen MR) is 53.8 cm³/mol. The van der Waals surface area contributed by atoms with Gasteiger partial charge in [0.05, 0.1) is 6.07 Å². The molecule has 0 atom stereocenters. The third-order valence-electron chi connectivity index (χ3n) is 1.62. The van der Waals surface area contributed by atoms with Crippen LogP contribution in [0.1, 0.15) is 0 Å². The standard InChI is InChI=1S/C7H6N4O3S/c1-8-7-10-9-6(15-7)4-2-3-5(14-4)11(12)13/h2-3H,1H3,(H,8,10). The number of anilines is 1. The van der Waals surface area contributed by atoms with Gasteiger partial charge < -0.3 is 9.73 Å². The van der Waals surface area contributed by atoms with Crippen LogP contribution in [0, 0.1) is 10.1 Å². The lowest BCUT2D eigenvalue weighted by molar-refractivity contribution is -0.401. The van der Waals surface area contributed by atoms with Crippen molar-refractivity contribution in [2.45, 2.75) is 0 Å². The molecule has 1 N–H and O–H groups in total. The number of furan rings is 1. The minimum Gasteiger partial charge on any atom is -0.398 e. The van der Waals surface area contributed by atoms with Gasteiger partial charge in [-0.05, 0) is 6.07 Å². The van der Waals surface area contributed by atoms with E-state index in [2.05, 4.69) is 15.5 Å². The minimum absolute atomic E-state index is 0.300. The molecule has 0 saturated carbocycles. The van der Waals surface area contributed by atoms with E-state index in [9.17, 15) is 10.1 Å². The maximum atomic E-state index is 10.4. The molecule has 0 fully saturated rings. The van der Waals surface area contributed by atoms with Crippen LogP contribution < -0.4 is 5.32 Å². The maximum absolute atomic E-state index is 10.4.